The van der Waals surface area contributed by atoms with E-state index in [1.807, 2.05) is 0 Å². The lowest BCUT2D eigenvalue weighted by Crippen LogP contribution is -2.23. The van der Waals surface area contributed by atoms with Gasteiger partial charge < -0.3 is 16.2 Å². The molecular formula is C20H26F4N4O2S2. The third kappa shape index (κ3) is 6.80. The van der Waals surface area contributed by atoms with Crippen molar-refractivity contribution in [1.82, 2.24) is 4.98 Å². The molecule has 1 aliphatic rings. The van der Waals surface area contributed by atoms with Gasteiger partial charge in [-0.3, -0.25) is 10.1 Å². The molecule has 1 aliphatic carbocycles. The first kappa shape index (κ1) is 26.4. The van der Waals surface area contributed by atoms with Gasteiger partial charge in [-0.25, -0.2) is 9.18 Å². The number of anilines is 1. The Morgan fingerprint density at radius 2 is 2.00 bits per heavy atom. The molecule has 0 aromatic carbocycles. The number of hydrogen-bond donors (Lipinski definition) is 4. The van der Waals surface area contributed by atoms with Crippen molar-refractivity contribution in [3.05, 3.63) is 39.3 Å². The number of carbonyl (C=O) groups is 1. The molecule has 2 aromatic rings. The minimum Gasteiger partial charge on any atom is -0.385 e. The third-order valence-corrected chi connectivity index (χ3v) is 6.91. The van der Waals surface area contributed by atoms with Crippen LogP contribution in [-0.4, -0.2) is 22.3 Å². The fourth-order valence-electron chi connectivity index (χ4n) is 3.40. The summed E-state index contributed by atoms with van der Waals surface area (Å²) in [7, 11) is 0. The zero-order chi connectivity index (χ0) is 24.3. The number of aromatic nitrogens is 1. The zero-order valence-electron chi connectivity index (χ0n) is 17.9. The van der Waals surface area contributed by atoms with Crippen molar-refractivity contribution in [1.29, 1.82) is 0 Å². The second-order valence-electron chi connectivity index (χ2n) is 7.75. The Morgan fingerprint density at radius 3 is 2.44 bits per heavy atom. The number of halogens is 4. The lowest BCUT2D eigenvalue weighted by atomic mass is 10.0. The number of primary amides is 1. The van der Waals surface area contributed by atoms with Crippen molar-refractivity contribution in [2.24, 2.45) is 10.9 Å². The van der Waals surface area contributed by atoms with E-state index in [4.69, 9.17) is 10.9 Å². The van der Waals surface area contributed by atoms with E-state index >= 15 is 0 Å². The lowest BCUT2D eigenvalue weighted by molar-refractivity contribution is -0.128. The maximum atomic E-state index is 12.9. The summed E-state index contributed by atoms with van der Waals surface area (Å²) in [6.07, 6.45) is -2.88. The average molecular weight is 495 g/mol. The van der Waals surface area contributed by atoms with Crippen LogP contribution in [0.15, 0.2) is 10.3 Å². The van der Waals surface area contributed by atoms with Gasteiger partial charge in [-0.05, 0) is 68.7 Å². The first-order valence-corrected chi connectivity index (χ1v) is 11.5. The number of aryl methyl sites for hydroxylation is 1. The van der Waals surface area contributed by atoms with E-state index in [2.05, 4.69) is 10.3 Å². The number of alkyl halides is 3. The molecule has 0 saturated carbocycles. The van der Waals surface area contributed by atoms with Crippen LogP contribution < -0.4 is 16.2 Å². The van der Waals surface area contributed by atoms with Crippen molar-refractivity contribution in [2.45, 2.75) is 68.9 Å². The molecule has 0 unspecified atom stereocenters. The molecule has 0 saturated heterocycles. The standard InChI is InChI=1S/C13H16F3N3O.C7H10FNOS2/c1-2-7-10(6-13(14,15)16)18-9-5-3-4-8(9)11(7)19-12(17)20;1-7(2,10)5-3-4(8)6(11-5)12-9/h2-6H2,1H3,(H3,17,18,19,20);3,10H,9H2,1-2H3. The number of nitrogens with zero attached hydrogens (tertiary/aromatic N) is 1. The Bertz CT molecular complexity index is 972. The number of aliphatic hydroxyl groups is 1. The van der Waals surface area contributed by atoms with Gasteiger partial charge in [0.05, 0.1) is 23.4 Å². The highest BCUT2D eigenvalue weighted by molar-refractivity contribution is 7.99. The maximum absolute atomic E-state index is 12.9. The zero-order valence-corrected chi connectivity index (χ0v) is 19.5. The first-order valence-electron chi connectivity index (χ1n) is 9.82. The van der Waals surface area contributed by atoms with Gasteiger partial charge in [-0.1, -0.05) is 6.92 Å². The van der Waals surface area contributed by atoms with Gasteiger partial charge in [0.1, 0.15) is 10.0 Å². The van der Waals surface area contributed by atoms with Crippen LogP contribution >= 0.6 is 23.3 Å². The Hall–Kier alpha value is -1.89. The number of rotatable bonds is 5. The molecule has 2 amide bonds. The van der Waals surface area contributed by atoms with Crippen LogP contribution in [0.5, 0.6) is 0 Å². The Morgan fingerprint density at radius 1 is 1.34 bits per heavy atom. The molecule has 0 atom stereocenters. The number of pyridine rings is 1. The van der Waals surface area contributed by atoms with Crippen LogP contribution in [0.3, 0.4) is 0 Å². The Balaban J connectivity index is 0.000000258. The van der Waals surface area contributed by atoms with Crippen LogP contribution in [-0.2, 0) is 31.3 Å². The molecule has 6 nitrogen and oxygen atoms in total. The molecule has 3 rings (SSSR count). The predicted octanol–water partition coefficient (Wildman–Crippen LogP) is 4.81. The highest BCUT2D eigenvalue weighted by Crippen LogP contribution is 2.35. The monoisotopic (exact) mass is 494 g/mol. The normalized spacial score (nSPS) is 13.4. The molecule has 6 N–H and O–H groups in total. The van der Waals surface area contributed by atoms with Crippen molar-refractivity contribution < 1.29 is 27.5 Å². The molecule has 2 aromatic heterocycles. The lowest BCUT2D eigenvalue weighted by Gasteiger charge is -2.18. The first-order chi connectivity index (χ1) is 14.8. The number of nitrogens with one attached hydrogen (secondary N) is 1. The Kier molecular flexibility index (Phi) is 8.54. The molecule has 2 heterocycles. The highest BCUT2D eigenvalue weighted by atomic mass is 32.2. The van der Waals surface area contributed by atoms with E-state index in [1.54, 1.807) is 20.8 Å². The molecule has 32 heavy (non-hydrogen) atoms. The minimum atomic E-state index is -4.33. The molecule has 0 radical (unpaired) electrons. The van der Waals surface area contributed by atoms with Gasteiger partial charge in [-0.2, -0.15) is 13.2 Å². The number of thiophene rings is 1. The molecule has 0 aliphatic heterocycles. The van der Waals surface area contributed by atoms with Crippen molar-refractivity contribution >= 4 is 35.0 Å². The average Bonchev–Trinajstić information content (AvgIpc) is 3.26. The topological polar surface area (TPSA) is 114 Å². The van der Waals surface area contributed by atoms with Crippen LogP contribution in [0, 0.1) is 5.82 Å². The van der Waals surface area contributed by atoms with Crippen molar-refractivity contribution in [2.75, 3.05) is 5.32 Å². The number of nitrogens with two attached hydrogens (primary N) is 2. The van der Waals surface area contributed by atoms with Gasteiger partial charge in [0.15, 0.2) is 0 Å². The summed E-state index contributed by atoms with van der Waals surface area (Å²) in [4.78, 5) is 15.9. The number of carbonyl (C=O) groups excluding carboxylic acids is 1. The number of amides is 2. The summed E-state index contributed by atoms with van der Waals surface area (Å²) in [6.45, 7) is 4.97. The van der Waals surface area contributed by atoms with Crippen LogP contribution in [0.1, 0.15) is 54.6 Å². The quantitative estimate of drug-likeness (QED) is 0.352. The summed E-state index contributed by atoms with van der Waals surface area (Å²) in [5, 5.41) is 17.2. The molecule has 0 fully saturated rings. The molecule has 0 spiro atoms. The largest absolute Gasteiger partial charge is 0.394 e. The summed E-state index contributed by atoms with van der Waals surface area (Å²) in [5.74, 6) is -0.357. The van der Waals surface area contributed by atoms with E-state index in [-0.39, 0.29) is 11.5 Å². The van der Waals surface area contributed by atoms with E-state index in [0.717, 1.165) is 23.9 Å². The van der Waals surface area contributed by atoms with Crippen LogP contribution in [0.25, 0.3) is 0 Å². The predicted molar refractivity (Wildman–Crippen MR) is 118 cm³/mol. The van der Waals surface area contributed by atoms with Gasteiger partial charge in [0.2, 0.25) is 0 Å². The minimum absolute atomic E-state index is 0.00981. The van der Waals surface area contributed by atoms with E-state index in [0.29, 0.717) is 45.3 Å². The third-order valence-electron chi connectivity index (χ3n) is 4.75. The van der Waals surface area contributed by atoms with E-state index in [9.17, 15) is 27.5 Å². The van der Waals surface area contributed by atoms with Gasteiger partial charge >= 0.3 is 12.2 Å². The number of fused-ring (bicyclic) bond motifs is 1. The number of urea groups is 1. The second kappa shape index (κ2) is 10.4. The summed E-state index contributed by atoms with van der Waals surface area (Å²) >= 11 is 2.04. The molecular weight excluding hydrogens is 468 g/mol. The van der Waals surface area contributed by atoms with Crippen molar-refractivity contribution in [3.8, 4) is 0 Å². The summed E-state index contributed by atoms with van der Waals surface area (Å²) in [6, 6.07) is 0.554. The molecule has 12 heteroatoms. The summed E-state index contributed by atoms with van der Waals surface area (Å²) < 4.78 is 51.3. The van der Waals surface area contributed by atoms with Crippen LogP contribution in [0.2, 0.25) is 0 Å². The summed E-state index contributed by atoms with van der Waals surface area (Å²) in [5.41, 5.74) is 6.46. The molecule has 0 bridgehead atoms. The highest BCUT2D eigenvalue weighted by Gasteiger charge is 2.32. The smallest absolute Gasteiger partial charge is 0.385 e. The van der Waals surface area contributed by atoms with E-state index in [1.165, 1.54) is 17.4 Å². The van der Waals surface area contributed by atoms with Crippen LogP contribution in [0.4, 0.5) is 28.0 Å². The number of hydrogen-bond acceptors (Lipinski definition) is 6. The van der Waals surface area contributed by atoms with Gasteiger partial charge in [-0.15, -0.1) is 11.3 Å². The van der Waals surface area contributed by atoms with Crippen molar-refractivity contribution in [3.63, 3.8) is 0 Å². The maximum Gasteiger partial charge on any atom is 0.394 e. The SMILES string of the molecule is CC(C)(O)c1cc(F)c(SN)s1.CCc1c(CC(F)(F)F)nc2c(c1NC(N)=O)CCC2. The molecule has 178 valence electrons. The fourth-order valence-corrected chi connectivity index (χ4v) is 4.80. The second-order valence-corrected chi connectivity index (χ2v) is 9.70. The Labute approximate surface area is 191 Å². The van der Waals surface area contributed by atoms with E-state index < -0.39 is 24.2 Å². The van der Waals surface area contributed by atoms with Gasteiger partial charge in [0.25, 0.3) is 0 Å². The fraction of sp³-hybridized carbons (Fsp3) is 0.500. The van der Waals surface area contributed by atoms with Gasteiger partial charge in [0, 0.05) is 10.6 Å².